The number of thiazole rings is 1. The topological polar surface area (TPSA) is 88.3 Å². The molecule has 7 nitrogen and oxygen atoms in total. The van der Waals surface area contributed by atoms with Gasteiger partial charge >= 0.3 is 0 Å². The van der Waals surface area contributed by atoms with Crippen LogP contribution in [0.1, 0.15) is 31.5 Å². The molecule has 0 unspecified atom stereocenters. The van der Waals surface area contributed by atoms with Gasteiger partial charge in [0.05, 0.1) is 10.7 Å². The van der Waals surface area contributed by atoms with E-state index in [0.717, 1.165) is 11.3 Å². The lowest BCUT2D eigenvalue weighted by atomic mass is 10.1. The van der Waals surface area contributed by atoms with Gasteiger partial charge in [-0.25, -0.2) is 4.98 Å². The molecule has 3 aromatic rings. The Morgan fingerprint density at radius 2 is 1.93 bits per heavy atom. The number of benzene rings is 1. The number of carbonyl (C=O) groups is 2. The van der Waals surface area contributed by atoms with Crippen LogP contribution in [0.5, 0.6) is 0 Å². The number of aromatic nitrogens is 2. The van der Waals surface area contributed by atoms with Crippen molar-refractivity contribution < 1.29 is 14.1 Å². The molecule has 0 fully saturated rings. The molecule has 0 spiro atoms. The lowest BCUT2D eigenvalue weighted by Crippen LogP contribution is -2.21. The molecular formula is C18H17ClN4O3S. The number of aryl methyl sites for hydroxylation is 2. The van der Waals surface area contributed by atoms with Gasteiger partial charge in [-0.05, 0) is 19.9 Å². The van der Waals surface area contributed by atoms with Crippen LogP contribution in [-0.4, -0.2) is 41.0 Å². The van der Waals surface area contributed by atoms with Gasteiger partial charge in [-0.2, -0.15) is 0 Å². The summed E-state index contributed by atoms with van der Waals surface area (Å²) in [6, 6.07) is 7.07. The fourth-order valence-electron chi connectivity index (χ4n) is 2.49. The molecule has 0 saturated carbocycles. The lowest BCUT2D eigenvalue weighted by Gasteiger charge is -2.07. The molecule has 0 saturated heterocycles. The predicted octanol–water partition coefficient (Wildman–Crippen LogP) is 4.02. The SMILES string of the molecule is Cc1nc(NC(=O)c2c(-c3ccccc3Cl)noc2C)sc1C(=O)N(C)C. The van der Waals surface area contributed by atoms with E-state index >= 15 is 0 Å². The number of halogens is 1. The van der Waals surface area contributed by atoms with Crippen LogP contribution in [0.15, 0.2) is 28.8 Å². The summed E-state index contributed by atoms with van der Waals surface area (Å²) in [6.45, 7) is 3.37. The molecule has 9 heteroatoms. The molecule has 3 rings (SSSR count). The van der Waals surface area contributed by atoms with Crippen molar-refractivity contribution in [2.75, 3.05) is 19.4 Å². The minimum atomic E-state index is -0.429. The normalized spacial score (nSPS) is 10.7. The van der Waals surface area contributed by atoms with Crippen molar-refractivity contribution in [3.63, 3.8) is 0 Å². The van der Waals surface area contributed by atoms with Crippen molar-refractivity contribution in [2.45, 2.75) is 13.8 Å². The Kier molecular flexibility index (Phi) is 5.29. The largest absolute Gasteiger partial charge is 0.360 e. The van der Waals surface area contributed by atoms with Gasteiger partial charge in [0.25, 0.3) is 11.8 Å². The van der Waals surface area contributed by atoms with Crippen LogP contribution in [0.3, 0.4) is 0 Å². The molecule has 2 aromatic heterocycles. The number of nitrogens with one attached hydrogen (secondary N) is 1. The maximum absolute atomic E-state index is 12.8. The Labute approximate surface area is 164 Å². The highest BCUT2D eigenvalue weighted by Gasteiger charge is 2.25. The van der Waals surface area contributed by atoms with Gasteiger partial charge in [-0.15, -0.1) is 0 Å². The Morgan fingerprint density at radius 3 is 2.59 bits per heavy atom. The van der Waals surface area contributed by atoms with Gasteiger partial charge in [0.15, 0.2) is 5.13 Å². The standard InChI is InChI=1S/C18H17ClN4O3S/c1-9-15(17(25)23(3)4)27-18(20-9)21-16(24)13-10(2)26-22-14(13)11-7-5-6-8-12(11)19/h5-8H,1-4H3,(H,20,21,24). The third-order valence-electron chi connectivity index (χ3n) is 3.84. The summed E-state index contributed by atoms with van der Waals surface area (Å²) in [5.41, 5.74) is 1.78. The lowest BCUT2D eigenvalue weighted by molar-refractivity contribution is 0.0831. The van der Waals surface area contributed by atoms with E-state index < -0.39 is 5.91 Å². The molecule has 0 bridgehead atoms. The van der Waals surface area contributed by atoms with E-state index in [1.165, 1.54) is 4.90 Å². The highest BCUT2D eigenvalue weighted by Crippen LogP contribution is 2.32. The summed E-state index contributed by atoms with van der Waals surface area (Å²) in [6.07, 6.45) is 0. The Hall–Kier alpha value is -2.71. The first-order valence-corrected chi connectivity index (χ1v) is 9.20. The van der Waals surface area contributed by atoms with Crippen LogP contribution in [0.25, 0.3) is 11.3 Å². The molecule has 1 N–H and O–H groups in total. The second kappa shape index (κ2) is 7.50. The molecule has 0 aliphatic heterocycles. The number of anilines is 1. The quantitative estimate of drug-likeness (QED) is 0.709. The zero-order valence-electron chi connectivity index (χ0n) is 15.2. The van der Waals surface area contributed by atoms with E-state index in [1.54, 1.807) is 52.2 Å². The summed E-state index contributed by atoms with van der Waals surface area (Å²) in [7, 11) is 3.33. The fraction of sp³-hybridized carbons (Fsp3) is 0.222. The van der Waals surface area contributed by atoms with Crippen LogP contribution >= 0.6 is 22.9 Å². The third kappa shape index (κ3) is 3.72. The molecule has 0 atom stereocenters. The zero-order valence-corrected chi connectivity index (χ0v) is 16.7. The van der Waals surface area contributed by atoms with E-state index in [-0.39, 0.29) is 11.5 Å². The van der Waals surface area contributed by atoms with Crippen molar-refractivity contribution in [1.82, 2.24) is 15.0 Å². The molecule has 27 heavy (non-hydrogen) atoms. The van der Waals surface area contributed by atoms with Crippen LogP contribution in [0, 0.1) is 13.8 Å². The van der Waals surface area contributed by atoms with Crippen molar-refractivity contribution in [2.24, 2.45) is 0 Å². The number of hydrogen-bond acceptors (Lipinski definition) is 6. The summed E-state index contributed by atoms with van der Waals surface area (Å²) < 4.78 is 5.22. The number of hydrogen-bond donors (Lipinski definition) is 1. The Bertz CT molecular complexity index is 1030. The zero-order chi connectivity index (χ0) is 19.7. The first-order chi connectivity index (χ1) is 12.8. The molecule has 0 aliphatic rings. The predicted molar refractivity (Wildman–Crippen MR) is 105 cm³/mol. The summed E-state index contributed by atoms with van der Waals surface area (Å²) in [5, 5.41) is 7.50. The van der Waals surface area contributed by atoms with Gasteiger partial charge in [-0.1, -0.05) is 46.3 Å². The molecule has 0 aliphatic carbocycles. The maximum atomic E-state index is 12.8. The number of amides is 2. The van der Waals surface area contributed by atoms with Gasteiger partial charge < -0.3 is 9.42 Å². The van der Waals surface area contributed by atoms with E-state index in [0.29, 0.717) is 37.7 Å². The average molecular weight is 405 g/mol. The summed E-state index contributed by atoms with van der Waals surface area (Å²) >= 11 is 7.35. The smallest absolute Gasteiger partial charge is 0.265 e. The highest BCUT2D eigenvalue weighted by molar-refractivity contribution is 7.17. The summed E-state index contributed by atoms with van der Waals surface area (Å²) in [4.78, 5) is 31.2. The minimum absolute atomic E-state index is 0.164. The van der Waals surface area contributed by atoms with Crippen LogP contribution in [0.2, 0.25) is 5.02 Å². The van der Waals surface area contributed by atoms with Crippen molar-refractivity contribution in [3.8, 4) is 11.3 Å². The van der Waals surface area contributed by atoms with Crippen LogP contribution in [0.4, 0.5) is 5.13 Å². The average Bonchev–Trinajstić information content (AvgIpc) is 3.17. The van der Waals surface area contributed by atoms with Crippen molar-refractivity contribution in [3.05, 3.63) is 51.2 Å². The second-order valence-corrected chi connectivity index (χ2v) is 7.44. The molecule has 2 heterocycles. The first-order valence-electron chi connectivity index (χ1n) is 8.01. The first kappa shape index (κ1) is 19.1. The third-order valence-corrected chi connectivity index (χ3v) is 5.23. The van der Waals surface area contributed by atoms with Gasteiger partial charge in [-0.3, -0.25) is 14.9 Å². The van der Waals surface area contributed by atoms with Crippen molar-refractivity contribution in [1.29, 1.82) is 0 Å². The van der Waals surface area contributed by atoms with Gasteiger partial charge in [0.2, 0.25) is 0 Å². The maximum Gasteiger partial charge on any atom is 0.265 e. The monoisotopic (exact) mass is 404 g/mol. The van der Waals surface area contributed by atoms with Gasteiger partial charge in [0.1, 0.15) is 21.9 Å². The molecule has 0 radical (unpaired) electrons. The molecule has 140 valence electrons. The molecule has 2 amide bonds. The Morgan fingerprint density at radius 1 is 1.22 bits per heavy atom. The number of rotatable bonds is 4. The summed E-state index contributed by atoms with van der Waals surface area (Å²) in [5.74, 6) is -0.232. The fourth-order valence-corrected chi connectivity index (χ4v) is 3.70. The minimum Gasteiger partial charge on any atom is -0.360 e. The van der Waals surface area contributed by atoms with Crippen LogP contribution < -0.4 is 5.32 Å². The number of nitrogens with zero attached hydrogens (tertiary/aromatic N) is 3. The Balaban J connectivity index is 1.93. The van der Waals surface area contributed by atoms with E-state index in [2.05, 4.69) is 15.5 Å². The molecular weight excluding hydrogens is 388 g/mol. The molecule has 1 aromatic carbocycles. The number of carbonyl (C=O) groups excluding carboxylic acids is 2. The highest BCUT2D eigenvalue weighted by atomic mass is 35.5. The van der Waals surface area contributed by atoms with Crippen molar-refractivity contribution >= 4 is 39.9 Å². The van der Waals surface area contributed by atoms with Gasteiger partial charge in [0, 0.05) is 19.7 Å². The van der Waals surface area contributed by atoms with E-state index in [9.17, 15) is 9.59 Å². The van der Waals surface area contributed by atoms with E-state index in [4.69, 9.17) is 16.1 Å². The van der Waals surface area contributed by atoms with Crippen LogP contribution in [-0.2, 0) is 0 Å². The van der Waals surface area contributed by atoms with E-state index in [1.807, 2.05) is 0 Å². The second-order valence-electron chi connectivity index (χ2n) is 6.03.